The molecule has 0 radical (unpaired) electrons. The third-order valence-electron chi connectivity index (χ3n) is 23.8. The molecule has 3 fully saturated rings. The van der Waals surface area contributed by atoms with Crippen LogP contribution in [-0.2, 0) is 109 Å². The summed E-state index contributed by atoms with van der Waals surface area (Å²) in [6.07, 6.45) is -0.376. The van der Waals surface area contributed by atoms with E-state index in [-0.39, 0.29) is 81.3 Å². The van der Waals surface area contributed by atoms with Gasteiger partial charge in [0.05, 0.1) is 12.3 Å². The molecule has 35 nitrogen and oxygen atoms in total. The number of aromatic amines is 1. The van der Waals surface area contributed by atoms with Gasteiger partial charge in [0.2, 0.25) is 88.6 Å². The van der Waals surface area contributed by atoms with Gasteiger partial charge in [-0.2, -0.15) is 0 Å². The van der Waals surface area contributed by atoms with Gasteiger partial charge in [0.15, 0.2) is 17.5 Å². The van der Waals surface area contributed by atoms with E-state index in [1.54, 1.807) is 95.4 Å². The van der Waals surface area contributed by atoms with Gasteiger partial charge in [-0.3, -0.25) is 76.7 Å². The Bertz CT molecular complexity index is 5150. The lowest BCUT2D eigenvalue weighted by Crippen LogP contribution is -2.63. The van der Waals surface area contributed by atoms with Crippen molar-refractivity contribution < 1.29 is 104 Å². The molecule has 0 unspecified atom stereocenters. The first-order valence-electron chi connectivity index (χ1n) is 44.4. The number of H-pyrrole nitrogens is 1. The number of piperidine rings is 1. The van der Waals surface area contributed by atoms with E-state index in [9.17, 15) is 47.8 Å². The number of carbonyl (C=O) groups is 16. The molecule has 9 rings (SSSR count). The molecule has 1 aromatic heterocycles. The van der Waals surface area contributed by atoms with Crippen LogP contribution >= 0.6 is 11.8 Å². The smallest absolute Gasteiger partial charge is 0.303 e. The third-order valence-corrected chi connectivity index (χ3v) is 24.9. The second-order valence-corrected chi connectivity index (χ2v) is 35.5. The van der Waals surface area contributed by atoms with Crippen molar-refractivity contribution in [3.05, 3.63) is 173 Å². The maximum absolute atomic E-state index is 15.7. The Morgan fingerprint density at radius 3 is 1.69 bits per heavy atom. The zero-order valence-electron chi connectivity index (χ0n) is 75.5. The van der Waals surface area contributed by atoms with E-state index in [2.05, 4.69) is 52.8 Å². The van der Waals surface area contributed by atoms with E-state index in [1.807, 2.05) is 0 Å². The number of aromatic hydroxyl groups is 1. The molecule has 6 aromatic rings. The number of aromatic nitrogens is 1. The molecule has 133 heavy (non-hydrogen) atoms. The highest BCUT2D eigenvalue weighted by atomic mass is 32.2. The summed E-state index contributed by atoms with van der Waals surface area (Å²) in [6, 6.07) is 6.14. The van der Waals surface area contributed by atoms with Crippen LogP contribution in [0.2, 0.25) is 0 Å². The van der Waals surface area contributed by atoms with Crippen LogP contribution in [0.1, 0.15) is 133 Å². The van der Waals surface area contributed by atoms with Gasteiger partial charge in [0.1, 0.15) is 90.1 Å². The van der Waals surface area contributed by atoms with E-state index in [1.165, 1.54) is 60.3 Å². The number of para-hydroxylation sites is 1. The van der Waals surface area contributed by atoms with E-state index in [0.29, 0.717) is 77.2 Å². The number of aliphatic carboxylic acids is 1. The van der Waals surface area contributed by atoms with E-state index in [4.69, 9.17) is 11.5 Å². The maximum atomic E-state index is 15.7. The average molecular weight is 1870 g/mol. The van der Waals surface area contributed by atoms with Gasteiger partial charge in [-0.15, -0.1) is 11.8 Å². The molecule has 5 aromatic carbocycles. The molecule has 4 heterocycles. The number of amides is 15. The van der Waals surface area contributed by atoms with E-state index in [0.717, 1.165) is 33.9 Å². The van der Waals surface area contributed by atoms with Crippen molar-refractivity contribution in [2.45, 2.75) is 216 Å². The van der Waals surface area contributed by atoms with Crippen molar-refractivity contribution in [1.29, 1.82) is 0 Å². The Morgan fingerprint density at radius 2 is 1.06 bits per heavy atom. The first-order valence-corrected chi connectivity index (χ1v) is 45.5. The normalized spacial score (nSPS) is 23.7. The number of nitrogens with two attached hydrogens (primary N) is 2. The summed E-state index contributed by atoms with van der Waals surface area (Å²) in [5, 5.41) is 45.0. The van der Waals surface area contributed by atoms with Crippen LogP contribution in [0.25, 0.3) is 10.9 Å². The lowest BCUT2D eigenvalue weighted by molar-refractivity contribution is -0.152. The van der Waals surface area contributed by atoms with Gasteiger partial charge >= 0.3 is 5.97 Å². The second kappa shape index (κ2) is 48.9. The predicted octanol–water partition coefficient (Wildman–Crippen LogP) is 2.74. The zero-order valence-corrected chi connectivity index (χ0v) is 76.3. The fourth-order valence-electron chi connectivity index (χ4n) is 16.5. The largest absolute Gasteiger partial charge is 0.508 e. The van der Waals surface area contributed by atoms with Crippen LogP contribution in [0.3, 0.4) is 0 Å². The summed E-state index contributed by atoms with van der Waals surface area (Å²) in [5.74, 6) is -24.4. The lowest BCUT2D eigenvalue weighted by atomic mass is 9.97. The minimum absolute atomic E-state index is 0.0222. The standard InChI is InChI=1S/C93H119F4N17O18S/c1-9-10-23-73-92(131)114-37-18-25-72(114)87(126)107-69(46-98)85(124)109-80(52(4)5)93(132)111(7)74(43-53-19-12-11-13-20-53)88(127)103-64(34-35-78(118)119)90(129)113-36-17-16-24-71(113)86(125)106-67(45-57-47-100-63-22-15-14-21-60(57)63)84(123)105-66(41-54-28-32-59(115)33-29-54)83(122)104-65(38-51(2)3)82(121)108-70(81(120)101-48-76(99)116)49-133-50-77(117)102-68(42-56-39-61(95)79(97)62(96)40-56)89(128)112(8)75(91(130)110(73)6)44-55-26-30-58(94)31-27-55/h11-15,19-22,26-33,39-40,47,51-52,64-75,80,100,115H,9-10,16-18,23-25,34-38,41-46,48-50,98H2,1-8H3,(H2,99,116)(H,101,120)(H,102,117)(H,103,127)(H,104,122)(H,105,123)(H,106,125)(H,107,126)(H,108,121)(H,109,124)(H,118,119)/t64-,65-,66-,67+,68-,69-,70-,71+,72+,73-,74-,75-,80+/m0/s1. The molecule has 0 saturated carbocycles. The lowest BCUT2D eigenvalue weighted by Gasteiger charge is -2.38. The molecule has 3 aliphatic rings. The monoisotopic (exact) mass is 1870 g/mol. The number of carbonyl (C=O) groups excluding carboxylic acids is 15. The van der Waals surface area contributed by atoms with Crippen molar-refractivity contribution in [3.63, 3.8) is 0 Å². The number of carboxylic acids is 1. The van der Waals surface area contributed by atoms with Crippen LogP contribution in [0.5, 0.6) is 5.75 Å². The van der Waals surface area contributed by atoms with E-state index < -0.39 is 259 Å². The average Bonchev–Trinajstić information content (AvgIpc) is 1.74. The number of unbranched alkanes of at least 4 members (excludes halogenated alkanes) is 1. The number of carboxylic acid groups (broad SMARTS) is 1. The number of halogens is 4. The molecular weight excluding hydrogens is 1750 g/mol. The number of primary amides is 1. The Morgan fingerprint density at radius 1 is 0.526 bits per heavy atom. The molecule has 0 bridgehead atoms. The number of likely N-dealkylation sites (N-methyl/N-ethyl adjacent to an activating group) is 3. The quantitative estimate of drug-likeness (QED) is 0.0324. The summed E-state index contributed by atoms with van der Waals surface area (Å²) in [4.78, 5) is 246. The fourth-order valence-corrected chi connectivity index (χ4v) is 17.3. The van der Waals surface area contributed by atoms with Crippen LogP contribution < -0.4 is 59.3 Å². The molecule has 3 aliphatic heterocycles. The first kappa shape index (κ1) is 104. The van der Waals surface area contributed by atoms with Crippen molar-refractivity contribution in [1.82, 2.24) is 77.3 Å². The molecule has 0 spiro atoms. The van der Waals surface area contributed by atoms with Crippen LogP contribution in [-0.4, -0.2) is 272 Å². The van der Waals surface area contributed by atoms with Crippen molar-refractivity contribution >= 4 is 117 Å². The minimum Gasteiger partial charge on any atom is -0.508 e. The van der Waals surface area contributed by atoms with Crippen molar-refractivity contribution in [2.24, 2.45) is 23.3 Å². The topological polar surface area (TPSA) is 506 Å². The van der Waals surface area contributed by atoms with Gasteiger partial charge in [0, 0.05) is 102 Å². The third kappa shape index (κ3) is 28.8. The molecule has 718 valence electrons. The summed E-state index contributed by atoms with van der Waals surface area (Å²) in [5.41, 5.74) is 13.5. The molecule has 0 aliphatic carbocycles. The van der Waals surface area contributed by atoms with Crippen LogP contribution in [0, 0.1) is 35.1 Å². The number of nitrogens with one attached hydrogen (secondary N) is 10. The second-order valence-electron chi connectivity index (χ2n) is 34.5. The fraction of sp³-hybridized carbons (Fsp3) is 0.484. The summed E-state index contributed by atoms with van der Waals surface area (Å²) >= 11 is 0.656. The highest BCUT2D eigenvalue weighted by Gasteiger charge is 2.46. The van der Waals surface area contributed by atoms with Gasteiger partial charge in [-0.1, -0.05) is 120 Å². The molecular formula is C93H119F4N17O18S. The molecule has 40 heteroatoms. The Balaban J connectivity index is 1.13. The number of phenols is 1. The van der Waals surface area contributed by atoms with Gasteiger partial charge in [-0.05, 0) is 133 Å². The summed E-state index contributed by atoms with van der Waals surface area (Å²) in [6.45, 7) is 6.82. The number of hydrogen-bond acceptors (Lipinski definition) is 19. The van der Waals surface area contributed by atoms with E-state index >= 15 is 56.7 Å². The van der Waals surface area contributed by atoms with Crippen LogP contribution in [0.4, 0.5) is 17.6 Å². The minimum atomic E-state index is -1.91. The number of thioether (sulfide) groups is 1. The summed E-state index contributed by atoms with van der Waals surface area (Å²) < 4.78 is 59.8. The number of benzene rings is 5. The number of rotatable bonds is 23. The van der Waals surface area contributed by atoms with Crippen molar-refractivity contribution in [2.75, 3.05) is 58.8 Å². The number of fused-ring (bicyclic) bond motifs is 3. The van der Waals surface area contributed by atoms with Crippen molar-refractivity contribution in [3.8, 4) is 5.75 Å². The van der Waals surface area contributed by atoms with Crippen LogP contribution in [0.15, 0.2) is 121 Å². The molecule has 13 atom stereocenters. The molecule has 15 amide bonds. The van der Waals surface area contributed by atoms with Gasteiger partial charge < -0.3 is 99.0 Å². The predicted molar refractivity (Wildman–Crippen MR) is 483 cm³/mol. The van der Waals surface area contributed by atoms with Gasteiger partial charge in [-0.25, -0.2) is 17.6 Å². The number of phenolic OH excluding ortho intramolecular Hbond substituents is 1. The maximum Gasteiger partial charge on any atom is 0.303 e. The highest BCUT2D eigenvalue weighted by Crippen LogP contribution is 2.29. The molecule has 3 saturated heterocycles. The zero-order chi connectivity index (χ0) is 97.2. The Kier molecular flexibility index (Phi) is 38.2. The Labute approximate surface area is 771 Å². The highest BCUT2D eigenvalue weighted by molar-refractivity contribution is 8.00. The molecule has 16 N–H and O–H groups in total. The number of nitrogens with zero attached hydrogens (tertiary/aromatic N) is 5. The SMILES string of the molecule is CCCC[C@H]1C(=O)N2CCC[C@@H]2C(=O)N[C@@H](CN)C(=O)N[C@H](C(C)C)C(=O)N(C)[C@@H](Cc2ccccc2)C(=O)N[C@@H](CCC(=O)O)C(=O)N2CCCC[C@@H]2C(=O)N[C@H](Cc2c[nH]c3ccccc23)C(=O)N[C@@H](Cc2ccc(O)cc2)C(=O)N[C@@H](CC(C)C)C(=O)N[C@H](C(=O)NCC(N)=O)CSCC(=O)N[C@@H](Cc2cc(F)c(F)c(F)c2)C(=O)N(C)[C@@H](Cc2ccc(F)cc2)C(=O)N1C. The number of hydrogen-bond donors (Lipinski definition) is 14. The summed E-state index contributed by atoms with van der Waals surface area (Å²) in [7, 11) is 3.70. The first-order chi connectivity index (χ1) is 63.2. The van der Waals surface area contributed by atoms with Gasteiger partial charge in [0.25, 0.3) is 0 Å². The Hall–Kier alpha value is -13.0.